The number of nitrogens with zero attached hydrogens (tertiary/aromatic N) is 1. The minimum atomic E-state index is -4.19. The monoisotopic (exact) mass is 327 g/mol. The molecular formula is C17H13NO4S. The average Bonchev–Trinajstić information content (AvgIpc) is 2.56. The maximum Gasteiger partial charge on any atom is 0.294 e. The lowest BCUT2D eigenvalue weighted by molar-refractivity contribution is 0.478. The third-order valence-corrected chi connectivity index (χ3v) is 4.09. The lowest BCUT2D eigenvalue weighted by Crippen LogP contribution is -1.97. The number of hydrogen-bond donors (Lipinski definition) is 1. The maximum atomic E-state index is 11.0. The van der Waals surface area contributed by atoms with Gasteiger partial charge in [0.25, 0.3) is 10.1 Å². The Morgan fingerprint density at radius 3 is 1.74 bits per heavy atom. The summed E-state index contributed by atoms with van der Waals surface area (Å²) in [4.78, 5) is 3.81. The number of pyridine rings is 1. The molecule has 5 nitrogen and oxygen atoms in total. The molecule has 116 valence electrons. The van der Waals surface area contributed by atoms with Crippen molar-refractivity contribution in [3.63, 3.8) is 0 Å². The van der Waals surface area contributed by atoms with Crippen LogP contribution in [0.3, 0.4) is 0 Å². The molecule has 0 saturated heterocycles. The molecule has 0 unspecified atom stereocenters. The number of benzene rings is 2. The van der Waals surface area contributed by atoms with E-state index in [4.69, 9.17) is 9.29 Å². The summed E-state index contributed by atoms with van der Waals surface area (Å²) < 4.78 is 36.6. The Labute approximate surface area is 134 Å². The minimum absolute atomic E-state index is 0.169. The molecule has 0 saturated carbocycles. The van der Waals surface area contributed by atoms with Gasteiger partial charge in [-0.15, -0.1) is 0 Å². The predicted octanol–water partition coefficient (Wildman–Crippen LogP) is 3.79. The van der Waals surface area contributed by atoms with Crippen LogP contribution in [0.2, 0.25) is 0 Å². The van der Waals surface area contributed by atoms with Crippen molar-refractivity contribution in [2.24, 2.45) is 0 Å². The molecule has 0 spiro atoms. The average molecular weight is 327 g/mol. The summed E-state index contributed by atoms with van der Waals surface area (Å²) in [6.45, 7) is 0. The van der Waals surface area contributed by atoms with Gasteiger partial charge >= 0.3 is 0 Å². The Hall–Kier alpha value is -2.70. The highest BCUT2D eigenvalue weighted by Crippen LogP contribution is 2.26. The smallest absolute Gasteiger partial charge is 0.294 e. The zero-order chi connectivity index (χ0) is 16.3. The summed E-state index contributed by atoms with van der Waals surface area (Å²) in [5, 5.41) is 0. The van der Waals surface area contributed by atoms with Crippen LogP contribution in [-0.2, 0) is 10.1 Å². The summed E-state index contributed by atoms with van der Waals surface area (Å²) in [6, 6.07) is 16.9. The van der Waals surface area contributed by atoms with Gasteiger partial charge in [0.1, 0.15) is 11.5 Å². The molecule has 0 fully saturated rings. The van der Waals surface area contributed by atoms with Crippen LogP contribution >= 0.6 is 0 Å². The summed E-state index contributed by atoms with van der Waals surface area (Å²) in [5.74, 6) is 1.11. The first-order valence-electron chi connectivity index (χ1n) is 6.78. The molecule has 1 aromatic heterocycles. The van der Waals surface area contributed by atoms with Gasteiger partial charge in [-0.1, -0.05) is 12.1 Å². The van der Waals surface area contributed by atoms with Gasteiger partial charge in [-0.2, -0.15) is 8.42 Å². The van der Waals surface area contributed by atoms with E-state index in [0.717, 1.165) is 11.1 Å². The Morgan fingerprint density at radius 2 is 1.22 bits per heavy atom. The first kappa shape index (κ1) is 15.2. The molecule has 1 N–H and O–H groups in total. The van der Waals surface area contributed by atoms with Gasteiger partial charge < -0.3 is 4.74 Å². The van der Waals surface area contributed by atoms with Crippen LogP contribution in [0.1, 0.15) is 0 Å². The van der Waals surface area contributed by atoms with Crippen LogP contribution in [0.25, 0.3) is 11.1 Å². The Morgan fingerprint density at radius 1 is 0.739 bits per heavy atom. The fourth-order valence-corrected chi connectivity index (χ4v) is 2.56. The van der Waals surface area contributed by atoms with Crippen molar-refractivity contribution in [2.45, 2.75) is 4.90 Å². The largest absolute Gasteiger partial charge is 0.457 e. The molecule has 1 heterocycles. The van der Waals surface area contributed by atoms with Crippen LogP contribution in [-0.4, -0.2) is 18.0 Å². The highest BCUT2D eigenvalue weighted by molar-refractivity contribution is 7.85. The Bertz CT molecular complexity index is 890. The molecule has 3 rings (SSSR count). The van der Waals surface area contributed by atoms with Gasteiger partial charge in [0.15, 0.2) is 0 Å². The standard InChI is InChI=1S/C17H13NO4S/c19-23(20,21)17-7-5-16(6-8-17)22-15-3-1-13(2-4-15)14-9-11-18-12-10-14/h1-12H,(H,19,20,21). The van der Waals surface area contributed by atoms with Crippen molar-refractivity contribution in [1.82, 2.24) is 4.98 Å². The van der Waals surface area contributed by atoms with Gasteiger partial charge in [0.2, 0.25) is 0 Å². The van der Waals surface area contributed by atoms with Crippen molar-refractivity contribution in [3.05, 3.63) is 73.1 Å². The summed E-state index contributed by atoms with van der Waals surface area (Å²) in [5.41, 5.74) is 2.10. The molecule has 2 aromatic carbocycles. The van der Waals surface area contributed by atoms with E-state index in [0.29, 0.717) is 11.5 Å². The second-order valence-electron chi connectivity index (χ2n) is 4.81. The van der Waals surface area contributed by atoms with Crippen LogP contribution in [0.4, 0.5) is 0 Å². The van der Waals surface area contributed by atoms with E-state index in [1.54, 1.807) is 12.4 Å². The van der Waals surface area contributed by atoms with E-state index in [-0.39, 0.29) is 4.90 Å². The SMILES string of the molecule is O=S(=O)(O)c1ccc(Oc2ccc(-c3ccncc3)cc2)cc1. The van der Waals surface area contributed by atoms with Crippen molar-refractivity contribution < 1.29 is 17.7 Å². The topological polar surface area (TPSA) is 76.5 Å². The Balaban J connectivity index is 1.76. The summed E-state index contributed by atoms with van der Waals surface area (Å²) >= 11 is 0. The molecule has 6 heteroatoms. The second kappa shape index (κ2) is 6.20. The summed E-state index contributed by atoms with van der Waals surface area (Å²) in [6.07, 6.45) is 3.47. The fraction of sp³-hybridized carbons (Fsp3) is 0. The number of rotatable bonds is 4. The molecule has 0 aliphatic heterocycles. The van der Waals surface area contributed by atoms with Gasteiger partial charge in [-0.05, 0) is 59.7 Å². The minimum Gasteiger partial charge on any atom is -0.457 e. The van der Waals surface area contributed by atoms with Gasteiger partial charge in [0, 0.05) is 12.4 Å². The van der Waals surface area contributed by atoms with E-state index in [1.807, 2.05) is 36.4 Å². The molecule has 0 bridgehead atoms. The molecule has 3 aromatic rings. The molecule has 23 heavy (non-hydrogen) atoms. The van der Waals surface area contributed by atoms with Gasteiger partial charge in [0.05, 0.1) is 4.90 Å². The van der Waals surface area contributed by atoms with Crippen molar-refractivity contribution in [3.8, 4) is 22.6 Å². The molecule has 0 aliphatic rings. The highest BCUT2D eigenvalue weighted by Gasteiger charge is 2.09. The highest BCUT2D eigenvalue weighted by atomic mass is 32.2. The Kier molecular flexibility index (Phi) is 4.10. The lowest BCUT2D eigenvalue weighted by Gasteiger charge is -2.07. The van der Waals surface area contributed by atoms with Gasteiger partial charge in [-0.3, -0.25) is 9.54 Å². The lowest BCUT2D eigenvalue weighted by atomic mass is 10.1. The fourth-order valence-electron chi connectivity index (χ4n) is 2.08. The van der Waals surface area contributed by atoms with Crippen LogP contribution in [0.5, 0.6) is 11.5 Å². The molecule has 0 radical (unpaired) electrons. The number of ether oxygens (including phenoxy) is 1. The third kappa shape index (κ3) is 3.74. The van der Waals surface area contributed by atoms with E-state index in [9.17, 15) is 8.42 Å². The quantitative estimate of drug-likeness (QED) is 0.738. The van der Waals surface area contributed by atoms with Crippen molar-refractivity contribution >= 4 is 10.1 Å². The van der Waals surface area contributed by atoms with Crippen LogP contribution in [0, 0.1) is 0 Å². The normalized spacial score (nSPS) is 11.2. The van der Waals surface area contributed by atoms with Gasteiger partial charge in [-0.25, -0.2) is 0 Å². The zero-order valence-corrected chi connectivity index (χ0v) is 12.8. The molecule has 0 aliphatic carbocycles. The van der Waals surface area contributed by atoms with Crippen LogP contribution < -0.4 is 4.74 Å². The van der Waals surface area contributed by atoms with E-state index < -0.39 is 10.1 Å². The molecular weight excluding hydrogens is 314 g/mol. The first-order valence-corrected chi connectivity index (χ1v) is 8.22. The number of hydrogen-bond acceptors (Lipinski definition) is 4. The second-order valence-corrected chi connectivity index (χ2v) is 6.23. The third-order valence-electron chi connectivity index (χ3n) is 3.23. The van der Waals surface area contributed by atoms with E-state index in [1.165, 1.54) is 24.3 Å². The van der Waals surface area contributed by atoms with E-state index >= 15 is 0 Å². The summed E-state index contributed by atoms with van der Waals surface area (Å²) in [7, 11) is -4.19. The predicted molar refractivity (Wildman–Crippen MR) is 86.0 cm³/mol. The zero-order valence-electron chi connectivity index (χ0n) is 12.0. The first-order chi connectivity index (χ1) is 11.0. The van der Waals surface area contributed by atoms with Crippen molar-refractivity contribution in [2.75, 3.05) is 0 Å². The van der Waals surface area contributed by atoms with Crippen molar-refractivity contribution in [1.29, 1.82) is 0 Å². The van der Waals surface area contributed by atoms with E-state index in [2.05, 4.69) is 4.98 Å². The molecule has 0 amide bonds. The maximum absolute atomic E-state index is 11.0. The number of aromatic nitrogens is 1. The molecule has 0 atom stereocenters. The van der Waals surface area contributed by atoms with Crippen LogP contribution in [0.15, 0.2) is 78.0 Å².